The van der Waals surface area contributed by atoms with Gasteiger partial charge in [-0.3, -0.25) is 0 Å². The van der Waals surface area contributed by atoms with Crippen LogP contribution in [0.15, 0.2) is 28.8 Å². The van der Waals surface area contributed by atoms with Crippen molar-refractivity contribution < 1.29 is 8.91 Å². The Balaban J connectivity index is 1.86. The average molecular weight is 316 g/mol. The summed E-state index contributed by atoms with van der Waals surface area (Å²) in [6, 6.07) is 5.68. The van der Waals surface area contributed by atoms with E-state index in [0.717, 1.165) is 0 Å². The Morgan fingerprint density at radius 1 is 1.26 bits per heavy atom. The van der Waals surface area contributed by atoms with Gasteiger partial charge in [0, 0.05) is 11.0 Å². The smallest absolute Gasteiger partial charge is 0.253 e. The topological polar surface area (TPSA) is 82.5 Å². The van der Waals surface area contributed by atoms with E-state index in [1.807, 2.05) is 27.7 Å². The third-order valence-electron chi connectivity index (χ3n) is 3.33. The van der Waals surface area contributed by atoms with Gasteiger partial charge in [0.25, 0.3) is 5.89 Å². The largest absolute Gasteiger partial charge is 0.337 e. The molecule has 7 nitrogen and oxygen atoms in total. The molecule has 3 aromatic rings. The maximum absolute atomic E-state index is 13.3. The number of rotatable bonds is 3. The molecular weight excluding hydrogens is 299 g/mol. The molecule has 1 atom stereocenters. The number of halogens is 1. The van der Waals surface area contributed by atoms with Crippen LogP contribution in [0.2, 0.25) is 0 Å². The van der Waals surface area contributed by atoms with E-state index in [1.54, 1.807) is 12.1 Å². The van der Waals surface area contributed by atoms with Crippen molar-refractivity contribution in [3.05, 3.63) is 41.8 Å². The highest BCUT2D eigenvalue weighted by Crippen LogP contribution is 2.22. The summed E-state index contributed by atoms with van der Waals surface area (Å²) in [7, 11) is 0. The van der Waals surface area contributed by atoms with Gasteiger partial charge in [0.15, 0.2) is 5.82 Å². The van der Waals surface area contributed by atoms with Crippen molar-refractivity contribution in [3.63, 3.8) is 0 Å². The van der Waals surface area contributed by atoms with Crippen LogP contribution in [0.1, 0.15) is 45.5 Å². The van der Waals surface area contributed by atoms with E-state index < -0.39 is 0 Å². The third-order valence-corrected chi connectivity index (χ3v) is 3.33. The van der Waals surface area contributed by atoms with Gasteiger partial charge in [-0.25, -0.2) is 4.39 Å². The van der Waals surface area contributed by atoms with Crippen LogP contribution in [0, 0.1) is 5.82 Å². The molecule has 0 fully saturated rings. The maximum atomic E-state index is 13.3. The number of aromatic nitrogens is 6. The summed E-state index contributed by atoms with van der Waals surface area (Å²) in [6.45, 7) is 7.84. The summed E-state index contributed by atoms with van der Waals surface area (Å²) >= 11 is 0. The first kappa shape index (κ1) is 15.3. The van der Waals surface area contributed by atoms with Gasteiger partial charge in [0.1, 0.15) is 11.9 Å². The van der Waals surface area contributed by atoms with Crippen molar-refractivity contribution in [2.75, 3.05) is 0 Å². The fraction of sp³-hybridized carbons (Fsp3) is 0.400. The molecule has 0 saturated heterocycles. The van der Waals surface area contributed by atoms with E-state index in [4.69, 9.17) is 4.52 Å². The first-order valence-electron chi connectivity index (χ1n) is 7.24. The Bertz CT molecular complexity index is 819. The second kappa shape index (κ2) is 5.53. The van der Waals surface area contributed by atoms with Crippen LogP contribution in [0.3, 0.4) is 0 Å². The summed E-state index contributed by atoms with van der Waals surface area (Å²) in [5.74, 6) is 1.01. The summed E-state index contributed by atoms with van der Waals surface area (Å²) in [5, 5.41) is 16.2. The van der Waals surface area contributed by atoms with Gasteiger partial charge in [-0.2, -0.15) is 9.78 Å². The first-order valence-corrected chi connectivity index (χ1v) is 7.24. The van der Waals surface area contributed by atoms with Crippen LogP contribution >= 0.6 is 0 Å². The summed E-state index contributed by atoms with van der Waals surface area (Å²) in [5.41, 5.74) is 0.355. The minimum atomic E-state index is -0.367. The van der Waals surface area contributed by atoms with Gasteiger partial charge < -0.3 is 4.52 Å². The molecule has 0 radical (unpaired) electrons. The summed E-state index contributed by atoms with van der Waals surface area (Å²) in [6.07, 6.45) is 0. The third kappa shape index (κ3) is 3.10. The number of tetrazole rings is 1. The molecule has 0 aliphatic rings. The van der Waals surface area contributed by atoms with Gasteiger partial charge in [-0.15, -0.1) is 10.2 Å². The Morgan fingerprint density at radius 2 is 2.04 bits per heavy atom. The molecule has 3 rings (SSSR count). The van der Waals surface area contributed by atoms with Crippen LogP contribution in [0.25, 0.3) is 11.4 Å². The van der Waals surface area contributed by atoms with Crippen LogP contribution in [0.4, 0.5) is 4.39 Å². The normalized spacial score (nSPS) is 13.3. The van der Waals surface area contributed by atoms with Crippen molar-refractivity contribution in [3.8, 4) is 11.4 Å². The fourth-order valence-corrected chi connectivity index (χ4v) is 1.94. The lowest BCUT2D eigenvalue weighted by Gasteiger charge is -2.11. The minimum absolute atomic E-state index is 0.204. The molecule has 2 aromatic heterocycles. The molecule has 0 bridgehead atoms. The lowest BCUT2D eigenvalue weighted by atomic mass is 9.96. The van der Waals surface area contributed by atoms with Gasteiger partial charge in [-0.1, -0.05) is 38.1 Å². The molecule has 0 spiro atoms. The standard InChI is InChI=1S/C15H17FN6O/c1-9(13-17-14(20-23-13)15(2,3)4)22-19-12(18-21-22)10-6-5-7-11(16)8-10/h5-9H,1-4H3. The molecule has 0 saturated carbocycles. The molecule has 0 aliphatic carbocycles. The number of hydrogen-bond donors (Lipinski definition) is 0. The van der Waals surface area contributed by atoms with Crippen LogP contribution in [-0.4, -0.2) is 30.3 Å². The predicted molar refractivity (Wildman–Crippen MR) is 80.0 cm³/mol. The highest BCUT2D eigenvalue weighted by molar-refractivity contribution is 5.53. The predicted octanol–water partition coefficient (Wildman–Crippen LogP) is 2.77. The molecule has 120 valence electrons. The van der Waals surface area contributed by atoms with Crippen molar-refractivity contribution in [2.24, 2.45) is 0 Å². The molecule has 1 aromatic carbocycles. The zero-order valence-electron chi connectivity index (χ0n) is 13.4. The highest BCUT2D eigenvalue weighted by Gasteiger charge is 2.25. The fourth-order valence-electron chi connectivity index (χ4n) is 1.94. The number of benzene rings is 1. The Hall–Kier alpha value is -2.64. The van der Waals surface area contributed by atoms with E-state index in [2.05, 4.69) is 25.6 Å². The quantitative estimate of drug-likeness (QED) is 0.739. The number of nitrogens with zero attached hydrogens (tertiary/aromatic N) is 6. The van der Waals surface area contributed by atoms with Crippen molar-refractivity contribution in [2.45, 2.75) is 39.2 Å². The van der Waals surface area contributed by atoms with Gasteiger partial charge in [0.2, 0.25) is 5.82 Å². The molecule has 0 aliphatic heterocycles. The highest BCUT2D eigenvalue weighted by atomic mass is 19.1. The Kier molecular flexibility index (Phi) is 3.67. The minimum Gasteiger partial charge on any atom is -0.337 e. The molecule has 8 heteroatoms. The molecule has 0 amide bonds. The molecule has 2 heterocycles. The zero-order chi connectivity index (χ0) is 16.6. The van der Waals surface area contributed by atoms with Gasteiger partial charge in [-0.05, 0) is 24.3 Å². The monoisotopic (exact) mass is 316 g/mol. The summed E-state index contributed by atoms with van der Waals surface area (Å²) < 4.78 is 18.6. The molecule has 0 N–H and O–H groups in total. The van der Waals surface area contributed by atoms with E-state index in [0.29, 0.717) is 23.1 Å². The number of hydrogen-bond acceptors (Lipinski definition) is 6. The van der Waals surface area contributed by atoms with E-state index in [1.165, 1.54) is 16.9 Å². The molecule has 1 unspecified atom stereocenters. The van der Waals surface area contributed by atoms with Gasteiger partial charge in [0.05, 0.1) is 0 Å². The zero-order valence-corrected chi connectivity index (χ0v) is 13.4. The molecule has 23 heavy (non-hydrogen) atoms. The SMILES string of the molecule is CC(c1nc(C(C)(C)C)no1)n1nnc(-c2cccc(F)c2)n1. The lowest BCUT2D eigenvalue weighted by Crippen LogP contribution is -2.15. The van der Waals surface area contributed by atoms with Crippen LogP contribution in [-0.2, 0) is 5.41 Å². The average Bonchev–Trinajstić information content (AvgIpc) is 3.16. The van der Waals surface area contributed by atoms with E-state index in [9.17, 15) is 4.39 Å². The van der Waals surface area contributed by atoms with E-state index in [-0.39, 0.29) is 17.3 Å². The molecular formula is C15H17FN6O. The second-order valence-electron chi connectivity index (χ2n) is 6.33. The Morgan fingerprint density at radius 3 is 2.70 bits per heavy atom. The second-order valence-corrected chi connectivity index (χ2v) is 6.33. The van der Waals surface area contributed by atoms with Crippen molar-refractivity contribution in [1.29, 1.82) is 0 Å². The maximum Gasteiger partial charge on any atom is 0.253 e. The first-order chi connectivity index (χ1) is 10.8. The lowest BCUT2D eigenvalue weighted by molar-refractivity contribution is 0.315. The van der Waals surface area contributed by atoms with Crippen LogP contribution in [0.5, 0.6) is 0 Å². The van der Waals surface area contributed by atoms with Crippen molar-refractivity contribution >= 4 is 0 Å². The van der Waals surface area contributed by atoms with Crippen LogP contribution < -0.4 is 0 Å². The summed E-state index contributed by atoms with van der Waals surface area (Å²) in [4.78, 5) is 5.76. The van der Waals surface area contributed by atoms with Gasteiger partial charge >= 0.3 is 0 Å². The van der Waals surface area contributed by atoms with Crippen molar-refractivity contribution in [1.82, 2.24) is 30.3 Å². The van der Waals surface area contributed by atoms with E-state index >= 15 is 0 Å². The Labute approximate surface area is 132 Å².